The molecule has 0 radical (unpaired) electrons. The second-order valence-corrected chi connectivity index (χ2v) is 6.54. The molecule has 2 aromatic rings. The van der Waals surface area contributed by atoms with Crippen molar-refractivity contribution in [1.82, 2.24) is 9.97 Å². The molecule has 0 fully saturated rings. The zero-order valence-corrected chi connectivity index (χ0v) is 13.3. The first kappa shape index (κ1) is 15.0. The number of benzene rings is 1. The predicted molar refractivity (Wildman–Crippen MR) is 86.1 cm³/mol. The monoisotopic (exact) mass is 314 g/mol. The van der Waals surface area contributed by atoms with E-state index in [1.54, 1.807) is 0 Å². The molecule has 0 saturated carbocycles. The lowest BCUT2D eigenvalue weighted by Crippen LogP contribution is -2.12. The first-order valence-corrected chi connectivity index (χ1v) is 8.34. The van der Waals surface area contributed by atoms with Gasteiger partial charge in [0, 0.05) is 11.4 Å². The molecule has 1 aromatic carbocycles. The van der Waals surface area contributed by atoms with Crippen LogP contribution >= 0.6 is 11.8 Å². The third-order valence-corrected chi connectivity index (χ3v) is 5.02. The van der Waals surface area contributed by atoms with Gasteiger partial charge in [-0.05, 0) is 43.7 Å². The largest absolute Gasteiger partial charge is 0.480 e. The molecule has 1 aliphatic carbocycles. The molecule has 0 unspecified atom stereocenters. The van der Waals surface area contributed by atoms with Crippen LogP contribution in [0.2, 0.25) is 0 Å². The summed E-state index contributed by atoms with van der Waals surface area (Å²) in [5.74, 6) is -0.866. The van der Waals surface area contributed by atoms with Crippen LogP contribution in [0.1, 0.15) is 40.6 Å². The molecule has 0 bridgehead atoms. The SMILES string of the molecule is Cc1nc(S[C@H](C(=O)O)c2ccccc2)nc2c1CCCC2. The van der Waals surface area contributed by atoms with Gasteiger partial charge in [-0.1, -0.05) is 42.1 Å². The second-order valence-electron chi connectivity index (χ2n) is 5.47. The molecule has 0 amide bonds. The number of carbonyl (C=O) groups is 1. The smallest absolute Gasteiger partial charge is 0.321 e. The summed E-state index contributed by atoms with van der Waals surface area (Å²) in [5.41, 5.74) is 4.10. The Morgan fingerprint density at radius 1 is 1.18 bits per heavy atom. The number of carboxylic acids is 1. The molecular formula is C17H18N2O2S. The summed E-state index contributed by atoms with van der Waals surface area (Å²) in [4.78, 5) is 20.7. The van der Waals surface area contributed by atoms with E-state index in [4.69, 9.17) is 0 Å². The van der Waals surface area contributed by atoms with Crippen molar-refractivity contribution in [3.63, 3.8) is 0 Å². The minimum absolute atomic E-state index is 0.564. The van der Waals surface area contributed by atoms with E-state index >= 15 is 0 Å². The van der Waals surface area contributed by atoms with Gasteiger partial charge >= 0.3 is 5.97 Å². The minimum Gasteiger partial charge on any atom is -0.480 e. The lowest BCUT2D eigenvalue weighted by Gasteiger charge is -2.18. The van der Waals surface area contributed by atoms with Crippen molar-refractivity contribution in [2.45, 2.75) is 43.0 Å². The quantitative estimate of drug-likeness (QED) is 0.690. The fraction of sp³-hybridized carbons (Fsp3) is 0.353. The number of aliphatic carboxylic acids is 1. The van der Waals surface area contributed by atoms with Gasteiger partial charge in [-0.15, -0.1) is 0 Å². The lowest BCUT2D eigenvalue weighted by atomic mass is 9.95. The zero-order chi connectivity index (χ0) is 15.5. The molecule has 1 atom stereocenters. The Morgan fingerprint density at radius 2 is 1.91 bits per heavy atom. The Labute approximate surface area is 134 Å². The number of carboxylic acid groups (broad SMARTS) is 1. The highest BCUT2D eigenvalue weighted by Gasteiger charge is 2.24. The van der Waals surface area contributed by atoms with Crippen molar-refractivity contribution in [2.75, 3.05) is 0 Å². The van der Waals surface area contributed by atoms with E-state index in [0.717, 1.165) is 36.2 Å². The van der Waals surface area contributed by atoms with Crippen LogP contribution in [0.5, 0.6) is 0 Å². The van der Waals surface area contributed by atoms with Crippen molar-refractivity contribution < 1.29 is 9.90 Å². The predicted octanol–water partition coefficient (Wildman–Crippen LogP) is 3.58. The van der Waals surface area contributed by atoms with Crippen LogP contribution < -0.4 is 0 Å². The van der Waals surface area contributed by atoms with E-state index in [-0.39, 0.29) is 0 Å². The zero-order valence-electron chi connectivity index (χ0n) is 12.5. The fourth-order valence-electron chi connectivity index (χ4n) is 2.80. The number of hydrogen-bond acceptors (Lipinski definition) is 4. The Hall–Kier alpha value is -1.88. The highest BCUT2D eigenvalue weighted by atomic mass is 32.2. The molecule has 0 spiro atoms. The van der Waals surface area contributed by atoms with Crippen LogP contribution in [0, 0.1) is 6.92 Å². The van der Waals surface area contributed by atoms with E-state index in [2.05, 4.69) is 9.97 Å². The van der Waals surface area contributed by atoms with E-state index < -0.39 is 11.2 Å². The van der Waals surface area contributed by atoms with E-state index in [0.29, 0.717) is 5.16 Å². The molecule has 1 aromatic heterocycles. The molecule has 4 nitrogen and oxygen atoms in total. The molecule has 22 heavy (non-hydrogen) atoms. The normalized spacial score (nSPS) is 15.1. The van der Waals surface area contributed by atoms with Gasteiger partial charge in [0.05, 0.1) is 0 Å². The van der Waals surface area contributed by atoms with Gasteiger partial charge in [0.1, 0.15) is 5.25 Å². The summed E-state index contributed by atoms with van der Waals surface area (Å²) in [6.45, 7) is 1.99. The number of nitrogens with zero attached hydrogens (tertiary/aromatic N) is 2. The van der Waals surface area contributed by atoms with Crippen molar-refractivity contribution >= 4 is 17.7 Å². The maximum Gasteiger partial charge on any atom is 0.321 e. The maximum atomic E-state index is 11.6. The number of aryl methyl sites for hydroxylation is 2. The van der Waals surface area contributed by atoms with Crippen molar-refractivity contribution in [3.8, 4) is 0 Å². The molecule has 1 N–H and O–H groups in total. The summed E-state index contributed by atoms with van der Waals surface area (Å²) in [6.07, 6.45) is 4.34. The van der Waals surface area contributed by atoms with E-state index in [1.807, 2.05) is 37.3 Å². The average molecular weight is 314 g/mol. The average Bonchev–Trinajstić information content (AvgIpc) is 2.53. The number of rotatable bonds is 4. The van der Waals surface area contributed by atoms with Crippen molar-refractivity contribution in [1.29, 1.82) is 0 Å². The lowest BCUT2D eigenvalue weighted by molar-refractivity contribution is -0.136. The number of aromatic nitrogens is 2. The summed E-state index contributed by atoms with van der Waals surface area (Å²) in [7, 11) is 0. The molecule has 0 saturated heterocycles. The number of thioether (sulfide) groups is 1. The Bertz CT molecular complexity index is 689. The maximum absolute atomic E-state index is 11.6. The summed E-state index contributed by atoms with van der Waals surface area (Å²) in [5, 5.41) is 9.41. The van der Waals surface area contributed by atoms with Crippen molar-refractivity contribution in [3.05, 3.63) is 52.8 Å². The second kappa shape index (κ2) is 6.48. The third kappa shape index (κ3) is 3.14. The summed E-state index contributed by atoms with van der Waals surface area (Å²) >= 11 is 1.22. The topological polar surface area (TPSA) is 63.1 Å². The highest BCUT2D eigenvalue weighted by molar-refractivity contribution is 8.00. The van der Waals surface area contributed by atoms with Crippen LogP contribution in [0.3, 0.4) is 0 Å². The molecule has 3 rings (SSSR count). The standard InChI is InChI=1S/C17H18N2O2S/c1-11-13-9-5-6-10-14(13)19-17(18-11)22-15(16(20)21)12-7-3-2-4-8-12/h2-4,7-8,15H,5-6,9-10H2,1H3,(H,20,21)/t15-/m0/s1. The first-order valence-electron chi connectivity index (χ1n) is 7.46. The van der Waals surface area contributed by atoms with Gasteiger partial charge in [-0.25, -0.2) is 9.97 Å². The van der Waals surface area contributed by atoms with Gasteiger partial charge < -0.3 is 5.11 Å². The van der Waals surface area contributed by atoms with E-state index in [9.17, 15) is 9.90 Å². The Balaban J connectivity index is 1.90. The minimum atomic E-state index is -0.866. The van der Waals surface area contributed by atoms with E-state index in [1.165, 1.54) is 23.7 Å². The van der Waals surface area contributed by atoms with Crippen LogP contribution in [0.4, 0.5) is 0 Å². The molecular weight excluding hydrogens is 296 g/mol. The third-order valence-electron chi connectivity index (χ3n) is 3.92. The molecule has 0 aliphatic heterocycles. The molecule has 114 valence electrons. The number of hydrogen-bond donors (Lipinski definition) is 1. The Kier molecular flexibility index (Phi) is 4.43. The highest BCUT2D eigenvalue weighted by Crippen LogP contribution is 2.35. The van der Waals surface area contributed by atoms with Gasteiger partial charge in [0.25, 0.3) is 0 Å². The van der Waals surface area contributed by atoms with Crippen molar-refractivity contribution in [2.24, 2.45) is 0 Å². The molecule has 5 heteroatoms. The summed E-state index contributed by atoms with van der Waals surface area (Å²) in [6, 6.07) is 9.25. The van der Waals surface area contributed by atoms with Crippen LogP contribution in [0.15, 0.2) is 35.5 Å². The summed E-state index contributed by atoms with van der Waals surface area (Å²) < 4.78 is 0. The molecule has 1 aliphatic rings. The van der Waals surface area contributed by atoms with Crippen LogP contribution in [0.25, 0.3) is 0 Å². The van der Waals surface area contributed by atoms with Crippen LogP contribution in [-0.4, -0.2) is 21.0 Å². The van der Waals surface area contributed by atoms with Gasteiger partial charge in [0.15, 0.2) is 5.16 Å². The van der Waals surface area contributed by atoms with Gasteiger partial charge in [-0.3, -0.25) is 4.79 Å². The Morgan fingerprint density at radius 3 is 2.64 bits per heavy atom. The first-order chi connectivity index (χ1) is 10.6. The number of fused-ring (bicyclic) bond motifs is 1. The fourth-order valence-corrected chi connectivity index (χ4v) is 3.76. The van der Waals surface area contributed by atoms with Crippen LogP contribution in [-0.2, 0) is 17.6 Å². The van der Waals surface area contributed by atoms with Gasteiger partial charge in [-0.2, -0.15) is 0 Å². The van der Waals surface area contributed by atoms with Gasteiger partial charge in [0.2, 0.25) is 0 Å². The molecule has 1 heterocycles.